The Hall–Kier alpha value is -1.69. The summed E-state index contributed by atoms with van der Waals surface area (Å²) < 4.78 is 13.0. The van der Waals surface area contributed by atoms with Crippen LogP contribution in [0.1, 0.15) is 23.2 Å². The summed E-state index contributed by atoms with van der Waals surface area (Å²) in [4.78, 5) is 24.0. The molecule has 0 aliphatic heterocycles. The quantitative estimate of drug-likeness (QED) is 0.475. The SMILES string of the molecule is O=C(c1ccc(F)cc1[N+](=O)[O-])N(CCCl)C1CC1. The van der Waals surface area contributed by atoms with Crippen LogP contribution in [0.5, 0.6) is 0 Å². The van der Waals surface area contributed by atoms with E-state index < -0.39 is 22.3 Å². The second kappa shape index (κ2) is 5.52. The van der Waals surface area contributed by atoms with Crippen molar-refractivity contribution in [3.05, 3.63) is 39.7 Å². The molecule has 1 aromatic rings. The van der Waals surface area contributed by atoms with Crippen molar-refractivity contribution < 1.29 is 14.1 Å². The summed E-state index contributed by atoms with van der Waals surface area (Å²) in [6.45, 7) is 0.333. The van der Waals surface area contributed by atoms with Gasteiger partial charge in [0, 0.05) is 18.5 Å². The lowest BCUT2D eigenvalue weighted by Gasteiger charge is -2.21. The van der Waals surface area contributed by atoms with E-state index in [0.29, 0.717) is 6.54 Å². The lowest BCUT2D eigenvalue weighted by Crippen LogP contribution is -2.35. The lowest BCUT2D eigenvalue weighted by molar-refractivity contribution is -0.385. The standard InChI is InChI=1S/C12H12ClFN2O3/c13-5-6-15(9-2-3-9)12(17)10-4-1-8(14)7-11(10)16(18)19/h1,4,7,9H,2-3,5-6H2. The van der Waals surface area contributed by atoms with Crippen LogP contribution in [-0.2, 0) is 0 Å². The van der Waals surface area contributed by atoms with Crippen LogP contribution in [0, 0.1) is 15.9 Å². The van der Waals surface area contributed by atoms with Gasteiger partial charge in [0.25, 0.3) is 11.6 Å². The van der Waals surface area contributed by atoms with E-state index in [-0.39, 0.29) is 17.5 Å². The molecule has 7 heteroatoms. The summed E-state index contributed by atoms with van der Waals surface area (Å²) in [7, 11) is 0. The van der Waals surface area contributed by atoms with Gasteiger partial charge in [-0.15, -0.1) is 11.6 Å². The normalized spacial score (nSPS) is 14.2. The number of nitro groups is 1. The van der Waals surface area contributed by atoms with Crippen LogP contribution < -0.4 is 0 Å². The van der Waals surface area contributed by atoms with E-state index in [1.807, 2.05) is 0 Å². The highest BCUT2D eigenvalue weighted by molar-refractivity contribution is 6.18. The van der Waals surface area contributed by atoms with Crippen molar-refractivity contribution in [3.63, 3.8) is 0 Å². The fourth-order valence-electron chi connectivity index (χ4n) is 1.92. The molecule has 0 unspecified atom stereocenters. The third kappa shape index (κ3) is 3.01. The molecule has 0 bridgehead atoms. The van der Waals surface area contributed by atoms with Crippen LogP contribution in [0.2, 0.25) is 0 Å². The summed E-state index contributed by atoms with van der Waals surface area (Å²) in [5.74, 6) is -0.939. The third-order valence-electron chi connectivity index (χ3n) is 2.96. The van der Waals surface area contributed by atoms with E-state index in [4.69, 9.17) is 11.6 Å². The highest BCUT2D eigenvalue weighted by Gasteiger charge is 2.35. The average Bonchev–Trinajstić information content (AvgIpc) is 3.19. The van der Waals surface area contributed by atoms with E-state index >= 15 is 0 Å². The van der Waals surface area contributed by atoms with Crippen molar-refractivity contribution in [2.45, 2.75) is 18.9 Å². The van der Waals surface area contributed by atoms with Crippen molar-refractivity contribution in [3.8, 4) is 0 Å². The van der Waals surface area contributed by atoms with Gasteiger partial charge in [-0.1, -0.05) is 0 Å². The average molecular weight is 287 g/mol. The fourth-order valence-corrected chi connectivity index (χ4v) is 2.10. The molecule has 0 N–H and O–H groups in total. The summed E-state index contributed by atoms with van der Waals surface area (Å²) in [5.41, 5.74) is -0.603. The molecular weight excluding hydrogens is 275 g/mol. The zero-order valence-electron chi connectivity index (χ0n) is 10.0. The first-order valence-corrected chi connectivity index (χ1v) is 6.39. The van der Waals surface area contributed by atoms with E-state index in [0.717, 1.165) is 31.0 Å². The summed E-state index contributed by atoms with van der Waals surface area (Å²) in [6, 6.07) is 3.06. The van der Waals surface area contributed by atoms with Crippen LogP contribution in [-0.4, -0.2) is 34.2 Å². The number of benzene rings is 1. The Bertz CT molecular complexity index is 520. The smallest absolute Gasteiger partial charge is 0.285 e. The highest BCUT2D eigenvalue weighted by Crippen LogP contribution is 2.30. The summed E-state index contributed by atoms with van der Waals surface area (Å²) in [6.07, 6.45) is 1.75. The monoisotopic (exact) mass is 286 g/mol. The van der Waals surface area contributed by atoms with Gasteiger partial charge in [-0.05, 0) is 25.0 Å². The number of carbonyl (C=O) groups is 1. The first kappa shape index (κ1) is 13.7. The molecule has 1 aromatic carbocycles. The lowest BCUT2D eigenvalue weighted by atomic mass is 10.1. The number of hydrogen-bond donors (Lipinski definition) is 0. The molecule has 0 saturated heterocycles. The fraction of sp³-hybridized carbons (Fsp3) is 0.417. The molecule has 102 valence electrons. The molecule has 1 amide bonds. The first-order valence-electron chi connectivity index (χ1n) is 5.85. The zero-order chi connectivity index (χ0) is 14.0. The first-order chi connectivity index (χ1) is 9.04. The second-order valence-electron chi connectivity index (χ2n) is 4.34. The van der Waals surface area contributed by atoms with Crippen molar-refractivity contribution in [1.82, 2.24) is 4.90 Å². The maximum atomic E-state index is 13.0. The van der Waals surface area contributed by atoms with Gasteiger partial charge in [-0.2, -0.15) is 0 Å². The van der Waals surface area contributed by atoms with Gasteiger partial charge in [-0.3, -0.25) is 14.9 Å². The van der Waals surface area contributed by atoms with E-state index in [9.17, 15) is 19.3 Å². The number of carbonyl (C=O) groups excluding carboxylic acids is 1. The predicted octanol–water partition coefficient (Wildman–Crippen LogP) is 2.58. The molecule has 1 fully saturated rings. The number of alkyl halides is 1. The number of nitrogens with zero attached hydrogens (tertiary/aromatic N) is 2. The van der Waals surface area contributed by atoms with E-state index in [2.05, 4.69) is 0 Å². The Balaban J connectivity index is 2.34. The largest absolute Gasteiger partial charge is 0.334 e. The van der Waals surface area contributed by atoms with Crippen molar-refractivity contribution >= 4 is 23.2 Å². The van der Waals surface area contributed by atoms with Crippen molar-refractivity contribution in [2.24, 2.45) is 0 Å². The molecule has 1 aliphatic carbocycles. The molecule has 0 heterocycles. The number of hydrogen-bond acceptors (Lipinski definition) is 3. The number of amides is 1. The highest BCUT2D eigenvalue weighted by atomic mass is 35.5. The van der Waals surface area contributed by atoms with Crippen LogP contribution in [0.3, 0.4) is 0 Å². The Labute approximate surface area is 114 Å². The van der Waals surface area contributed by atoms with Gasteiger partial charge >= 0.3 is 0 Å². The molecule has 0 radical (unpaired) electrons. The minimum atomic E-state index is -0.748. The Morgan fingerprint density at radius 1 is 1.53 bits per heavy atom. The third-order valence-corrected chi connectivity index (χ3v) is 3.13. The van der Waals surface area contributed by atoms with Crippen LogP contribution >= 0.6 is 11.6 Å². The van der Waals surface area contributed by atoms with Crippen LogP contribution in [0.15, 0.2) is 18.2 Å². The molecule has 19 heavy (non-hydrogen) atoms. The Morgan fingerprint density at radius 2 is 2.21 bits per heavy atom. The zero-order valence-corrected chi connectivity index (χ0v) is 10.8. The van der Waals surface area contributed by atoms with Gasteiger partial charge in [0.2, 0.25) is 0 Å². The molecule has 0 spiro atoms. The van der Waals surface area contributed by atoms with Gasteiger partial charge in [0.05, 0.1) is 11.0 Å². The molecule has 1 aliphatic rings. The molecule has 1 saturated carbocycles. The molecule has 5 nitrogen and oxygen atoms in total. The van der Waals surface area contributed by atoms with Crippen molar-refractivity contribution in [1.29, 1.82) is 0 Å². The number of halogens is 2. The predicted molar refractivity (Wildman–Crippen MR) is 67.8 cm³/mol. The van der Waals surface area contributed by atoms with E-state index in [1.165, 1.54) is 4.90 Å². The molecular formula is C12H12ClFN2O3. The molecule has 0 aromatic heterocycles. The van der Waals surface area contributed by atoms with Crippen LogP contribution in [0.25, 0.3) is 0 Å². The maximum absolute atomic E-state index is 13.0. The van der Waals surface area contributed by atoms with Crippen LogP contribution in [0.4, 0.5) is 10.1 Å². The number of nitro benzene ring substituents is 1. The minimum absolute atomic E-state index is 0.0934. The topological polar surface area (TPSA) is 63.4 Å². The Morgan fingerprint density at radius 3 is 2.74 bits per heavy atom. The van der Waals surface area contributed by atoms with Gasteiger partial charge in [0.1, 0.15) is 11.4 Å². The van der Waals surface area contributed by atoms with Gasteiger partial charge < -0.3 is 4.90 Å². The number of rotatable bonds is 5. The molecule has 2 rings (SSSR count). The minimum Gasteiger partial charge on any atom is -0.334 e. The summed E-state index contributed by atoms with van der Waals surface area (Å²) in [5, 5.41) is 10.9. The van der Waals surface area contributed by atoms with Crippen molar-refractivity contribution in [2.75, 3.05) is 12.4 Å². The second-order valence-corrected chi connectivity index (χ2v) is 4.72. The Kier molecular flexibility index (Phi) is 3.99. The van der Waals surface area contributed by atoms with Gasteiger partial charge in [-0.25, -0.2) is 4.39 Å². The maximum Gasteiger partial charge on any atom is 0.285 e. The summed E-state index contributed by atoms with van der Waals surface area (Å²) >= 11 is 5.64. The van der Waals surface area contributed by atoms with Gasteiger partial charge in [0.15, 0.2) is 0 Å². The molecule has 0 atom stereocenters. The van der Waals surface area contributed by atoms with E-state index in [1.54, 1.807) is 0 Å².